The van der Waals surface area contributed by atoms with Gasteiger partial charge in [0.05, 0.1) is 0 Å². The Morgan fingerprint density at radius 1 is 1.53 bits per heavy atom. The molecular weight excluding hydrogens is 188 g/mol. The number of carbonyl (C=O) groups is 1. The van der Waals surface area contributed by atoms with E-state index in [0.717, 1.165) is 25.9 Å². The first kappa shape index (κ1) is 12.5. The number of piperidine rings is 1. The Morgan fingerprint density at radius 3 is 2.73 bits per heavy atom. The maximum absolute atomic E-state index is 12.0. The summed E-state index contributed by atoms with van der Waals surface area (Å²) in [6.45, 7) is 7.91. The van der Waals surface area contributed by atoms with Crippen LogP contribution in [-0.2, 0) is 4.79 Å². The lowest BCUT2D eigenvalue weighted by molar-refractivity contribution is -0.137. The molecule has 1 rings (SSSR count). The van der Waals surface area contributed by atoms with Crippen molar-refractivity contribution in [3.05, 3.63) is 0 Å². The van der Waals surface area contributed by atoms with E-state index in [-0.39, 0.29) is 12.0 Å². The van der Waals surface area contributed by atoms with E-state index in [0.29, 0.717) is 11.8 Å². The molecule has 0 bridgehead atoms. The average Bonchev–Trinajstić information content (AvgIpc) is 2.27. The van der Waals surface area contributed by atoms with Crippen molar-refractivity contribution in [1.82, 2.24) is 4.90 Å². The number of nitrogens with zero attached hydrogens (tertiary/aromatic N) is 1. The van der Waals surface area contributed by atoms with E-state index in [1.165, 1.54) is 6.42 Å². The molecule has 0 radical (unpaired) electrons. The van der Waals surface area contributed by atoms with Gasteiger partial charge in [0.2, 0.25) is 5.91 Å². The smallest absolute Gasteiger partial charge is 0.225 e. The minimum absolute atomic E-state index is 0.164. The van der Waals surface area contributed by atoms with E-state index >= 15 is 0 Å². The Labute approximate surface area is 93.0 Å². The van der Waals surface area contributed by atoms with Crippen LogP contribution in [0, 0.1) is 11.8 Å². The van der Waals surface area contributed by atoms with Gasteiger partial charge in [0.25, 0.3) is 0 Å². The van der Waals surface area contributed by atoms with Gasteiger partial charge in [0.1, 0.15) is 0 Å². The van der Waals surface area contributed by atoms with E-state index in [1.807, 2.05) is 18.7 Å². The molecule has 1 aliphatic rings. The van der Waals surface area contributed by atoms with Crippen LogP contribution in [-0.4, -0.2) is 29.9 Å². The normalized spacial score (nSPS) is 26.1. The van der Waals surface area contributed by atoms with Crippen LogP contribution in [0.3, 0.4) is 0 Å². The number of nitrogens with two attached hydrogens (primary N) is 1. The quantitative estimate of drug-likeness (QED) is 0.772. The molecule has 1 saturated heterocycles. The molecule has 3 atom stereocenters. The molecule has 1 amide bonds. The van der Waals surface area contributed by atoms with Crippen LogP contribution in [0.2, 0.25) is 0 Å². The summed E-state index contributed by atoms with van der Waals surface area (Å²) in [5.74, 6) is 0.964. The molecule has 2 N–H and O–H groups in total. The molecular formula is C12H24N2O. The summed E-state index contributed by atoms with van der Waals surface area (Å²) in [6.07, 6.45) is 3.20. The molecule has 1 heterocycles. The number of likely N-dealkylation sites (tertiary alicyclic amines) is 1. The van der Waals surface area contributed by atoms with Crippen LogP contribution in [0.15, 0.2) is 0 Å². The molecule has 0 aromatic rings. The van der Waals surface area contributed by atoms with Crippen molar-refractivity contribution in [2.45, 2.75) is 46.1 Å². The molecule has 3 unspecified atom stereocenters. The van der Waals surface area contributed by atoms with Gasteiger partial charge in [0.15, 0.2) is 0 Å². The number of rotatable bonds is 3. The van der Waals surface area contributed by atoms with Gasteiger partial charge < -0.3 is 10.6 Å². The third-order valence-electron chi connectivity index (χ3n) is 3.55. The molecule has 0 aromatic heterocycles. The third kappa shape index (κ3) is 3.20. The lowest BCUT2D eigenvalue weighted by Gasteiger charge is -2.35. The van der Waals surface area contributed by atoms with Gasteiger partial charge in [-0.15, -0.1) is 0 Å². The van der Waals surface area contributed by atoms with Gasteiger partial charge in [-0.25, -0.2) is 0 Å². The summed E-state index contributed by atoms with van der Waals surface area (Å²) in [5.41, 5.74) is 5.90. The molecule has 0 spiro atoms. The van der Waals surface area contributed by atoms with Crippen LogP contribution in [0.25, 0.3) is 0 Å². The molecule has 3 heteroatoms. The summed E-state index contributed by atoms with van der Waals surface area (Å²) in [6, 6.07) is 0.206. The Bertz CT molecular complexity index is 216. The van der Waals surface area contributed by atoms with Crippen molar-refractivity contribution in [1.29, 1.82) is 0 Å². The van der Waals surface area contributed by atoms with Crippen molar-refractivity contribution in [2.24, 2.45) is 17.6 Å². The molecule has 3 nitrogen and oxygen atoms in total. The average molecular weight is 212 g/mol. The molecule has 15 heavy (non-hydrogen) atoms. The number of amides is 1. The second-order valence-electron chi connectivity index (χ2n) is 4.85. The van der Waals surface area contributed by atoms with E-state index in [4.69, 9.17) is 5.73 Å². The first-order valence-electron chi connectivity index (χ1n) is 6.10. The first-order chi connectivity index (χ1) is 7.06. The van der Waals surface area contributed by atoms with Gasteiger partial charge in [-0.1, -0.05) is 13.8 Å². The summed E-state index contributed by atoms with van der Waals surface area (Å²) < 4.78 is 0. The van der Waals surface area contributed by atoms with Gasteiger partial charge in [-0.05, 0) is 32.1 Å². The fourth-order valence-electron chi connectivity index (χ4n) is 2.13. The second kappa shape index (κ2) is 5.50. The highest BCUT2D eigenvalue weighted by atomic mass is 16.2. The van der Waals surface area contributed by atoms with Crippen molar-refractivity contribution in [3.8, 4) is 0 Å². The Balaban J connectivity index is 2.52. The zero-order valence-corrected chi connectivity index (χ0v) is 10.2. The van der Waals surface area contributed by atoms with Crippen molar-refractivity contribution >= 4 is 5.91 Å². The van der Waals surface area contributed by atoms with Gasteiger partial charge in [0, 0.05) is 25.0 Å². The summed E-state index contributed by atoms with van der Waals surface area (Å²) in [5, 5.41) is 0. The highest BCUT2D eigenvalue weighted by Crippen LogP contribution is 2.20. The van der Waals surface area contributed by atoms with Gasteiger partial charge in [-0.2, -0.15) is 0 Å². The molecule has 1 fully saturated rings. The second-order valence-corrected chi connectivity index (χ2v) is 4.85. The number of carbonyl (C=O) groups excluding carboxylic acids is 1. The summed E-state index contributed by atoms with van der Waals surface area (Å²) in [4.78, 5) is 14.0. The minimum Gasteiger partial charge on any atom is -0.342 e. The minimum atomic E-state index is 0.164. The maximum Gasteiger partial charge on any atom is 0.225 e. The highest BCUT2D eigenvalue weighted by molar-refractivity contribution is 5.78. The highest BCUT2D eigenvalue weighted by Gasteiger charge is 2.27. The Hall–Kier alpha value is -0.570. The molecule has 0 aromatic carbocycles. The lowest BCUT2D eigenvalue weighted by Crippen LogP contribution is -2.46. The van der Waals surface area contributed by atoms with Crippen molar-refractivity contribution in [2.75, 3.05) is 13.1 Å². The Morgan fingerprint density at radius 2 is 2.20 bits per heavy atom. The van der Waals surface area contributed by atoms with Gasteiger partial charge >= 0.3 is 0 Å². The predicted molar refractivity (Wildman–Crippen MR) is 62.4 cm³/mol. The van der Waals surface area contributed by atoms with Crippen LogP contribution in [0.1, 0.15) is 40.0 Å². The van der Waals surface area contributed by atoms with E-state index in [2.05, 4.69) is 6.92 Å². The SMILES string of the molecule is CCC(C)C(=O)N1CCCC(C(C)N)C1. The zero-order valence-electron chi connectivity index (χ0n) is 10.2. The van der Waals surface area contributed by atoms with Crippen LogP contribution < -0.4 is 5.73 Å². The van der Waals surface area contributed by atoms with E-state index in [1.54, 1.807) is 0 Å². The number of hydrogen-bond acceptors (Lipinski definition) is 2. The largest absolute Gasteiger partial charge is 0.342 e. The zero-order chi connectivity index (χ0) is 11.4. The molecule has 88 valence electrons. The molecule has 0 saturated carbocycles. The van der Waals surface area contributed by atoms with Crippen molar-refractivity contribution < 1.29 is 4.79 Å². The standard InChI is InChI=1S/C12H24N2O/c1-4-9(2)12(15)14-7-5-6-11(8-14)10(3)13/h9-11H,4-8,13H2,1-3H3. The fourth-order valence-corrected chi connectivity index (χ4v) is 2.13. The molecule has 0 aliphatic carbocycles. The lowest BCUT2D eigenvalue weighted by atomic mass is 9.91. The van der Waals surface area contributed by atoms with Crippen LogP contribution >= 0.6 is 0 Å². The predicted octanol–water partition coefficient (Wildman–Crippen LogP) is 1.62. The summed E-state index contributed by atoms with van der Waals surface area (Å²) in [7, 11) is 0. The van der Waals surface area contributed by atoms with Crippen LogP contribution in [0.5, 0.6) is 0 Å². The third-order valence-corrected chi connectivity index (χ3v) is 3.55. The first-order valence-corrected chi connectivity index (χ1v) is 6.10. The Kier molecular flexibility index (Phi) is 4.58. The van der Waals surface area contributed by atoms with Gasteiger partial charge in [-0.3, -0.25) is 4.79 Å². The monoisotopic (exact) mass is 212 g/mol. The van der Waals surface area contributed by atoms with Crippen molar-refractivity contribution in [3.63, 3.8) is 0 Å². The molecule has 1 aliphatic heterocycles. The van der Waals surface area contributed by atoms with Crippen LogP contribution in [0.4, 0.5) is 0 Å². The van der Waals surface area contributed by atoms with E-state index in [9.17, 15) is 4.79 Å². The summed E-state index contributed by atoms with van der Waals surface area (Å²) >= 11 is 0. The fraction of sp³-hybridized carbons (Fsp3) is 0.917. The topological polar surface area (TPSA) is 46.3 Å². The van der Waals surface area contributed by atoms with E-state index < -0.39 is 0 Å². The number of hydrogen-bond donors (Lipinski definition) is 1. The maximum atomic E-state index is 12.0.